The fourth-order valence-electron chi connectivity index (χ4n) is 2.04. The Labute approximate surface area is 92.2 Å². The van der Waals surface area contributed by atoms with Crippen LogP contribution >= 0.6 is 0 Å². The van der Waals surface area contributed by atoms with Crippen LogP contribution in [-0.4, -0.2) is 62.1 Å². The van der Waals surface area contributed by atoms with E-state index < -0.39 is 0 Å². The zero-order valence-corrected chi connectivity index (χ0v) is 10.0. The van der Waals surface area contributed by atoms with Crippen LogP contribution in [0, 0.1) is 0 Å². The van der Waals surface area contributed by atoms with Gasteiger partial charge in [0, 0.05) is 12.6 Å². The second-order valence-corrected chi connectivity index (χ2v) is 4.28. The Morgan fingerprint density at radius 1 is 1.60 bits per heavy atom. The SMILES string of the molecule is CCOC(=O)CN(C)C1CCCN(C)C1. The summed E-state index contributed by atoms with van der Waals surface area (Å²) >= 11 is 0. The van der Waals surface area contributed by atoms with Crippen molar-refractivity contribution in [3.8, 4) is 0 Å². The third-order valence-electron chi connectivity index (χ3n) is 2.91. The molecule has 0 saturated carbocycles. The molecule has 0 aromatic heterocycles. The largest absolute Gasteiger partial charge is 0.465 e. The Hall–Kier alpha value is -0.610. The van der Waals surface area contributed by atoms with Gasteiger partial charge in [0.15, 0.2) is 0 Å². The summed E-state index contributed by atoms with van der Waals surface area (Å²) in [5.74, 6) is -0.117. The lowest BCUT2D eigenvalue weighted by Crippen LogP contribution is -2.46. The highest BCUT2D eigenvalue weighted by molar-refractivity contribution is 5.71. The van der Waals surface area contributed by atoms with Crippen molar-refractivity contribution >= 4 is 5.97 Å². The van der Waals surface area contributed by atoms with E-state index in [2.05, 4.69) is 16.8 Å². The lowest BCUT2D eigenvalue weighted by molar-refractivity contribution is -0.144. The zero-order valence-electron chi connectivity index (χ0n) is 10.0. The Balaban J connectivity index is 2.32. The molecule has 1 aliphatic heterocycles. The summed E-state index contributed by atoms with van der Waals surface area (Å²) < 4.78 is 4.94. The number of likely N-dealkylation sites (tertiary alicyclic amines) is 1. The van der Waals surface area contributed by atoms with E-state index in [-0.39, 0.29) is 5.97 Å². The van der Waals surface area contributed by atoms with Gasteiger partial charge in [0.05, 0.1) is 13.2 Å². The quantitative estimate of drug-likeness (QED) is 0.641. The van der Waals surface area contributed by atoms with E-state index in [0.29, 0.717) is 19.2 Å². The normalized spacial score (nSPS) is 23.1. The summed E-state index contributed by atoms with van der Waals surface area (Å²) in [4.78, 5) is 15.7. The highest BCUT2D eigenvalue weighted by Crippen LogP contribution is 2.12. The Morgan fingerprint density at radius 3 is 2.93 bits per heavy atom. The molecule has 4 nitrogen and oxygen atoms in total. The average Bonchev–Trinajstić information content (AvgIpc) is 2.18. The first-order valence-electron chi connectivity index (χ1n) is 5.68. The number of carbonyl (C=O) groups excluding carboxylic acids is 1. The maximum atomic E-state index is 11.3. The van der Waals surface area contributed by atoms with Gasteiger partial charge in [-0.15, -0.1) is 0 Å². The molecule has 1 saturated heterocycles. The van der Waals surface area contributed by atoms with Gasteiger partial charge < -0.3 is 9.64 Å². The van der Waals surface area contributed by atoms with Gasteiger partial charge in [-0.25, -0.2) is 0 Å². The number of carbonyl (C=O) groups is 1. The predicted molar refractivity (Wildman–Crippen MR) is 59.8 cm³/mol. The van der Waals surface area contributed by atoms with Crippen molar-refractivity contribution in [2.45, 2.75) is 25.8 Å². The number of esters is 1. The zero-order chi connectivity index (χ0) is 11.3. The number of rotatable bonds is 4. The molecule has 4 heteroatoms. The van der Waals surface area contributed by atoms with Crippen molar-refractivity contribution in [3.05, 3.63) is 0 Å². The van der Waals surface area contributed by atoms with E-state index in [4.69, 9.17) is 4.74 Å². The van der Waals surface area contributed by atoms with Crippen LogP contribution in [0.4, 0.5) is 0 Å². The third kappa shape index (κ3) is 4.18. The molecule has 15 heavy (non-hydrogen) atoms. The molecular formula is C11H22N2O2. The topological polar surface area (TPSA) is 32.8 Å². The molecule has 0 aromatic rings. The first-order chi connectivity index (χ1) is 7.13. The van der Waals surface area contributed by atoms with Crippen LogP contribution in [0.2, 0.25) is 0 Å². The standard InChI is InChI=1S/C11H22N2O2/c1-4-15-11(14)9-13(3)10-6-5-7-12(2)8-10/h10H,4-9H2,1-3H3. The summed E-state index contributed by atoms with van der Waals surface area (Å²) in [5.41, 5.74) is 0. The van der Waals surface area contributed by atoms with Gasteiger partial charge in [-0.2, -0.15) is 0 Å². The monoisotopic (exact) mass is 214 g/mol. The van der Waals surface area contributed by atoms with Gasteiger partial charge in [0.2, 0.25) is 0 Å². The van der Waals surface area contributed by atoms with Crippen molar-refractivity contribution in [2.75, 3.05) is 40.3 Å². The minimum absolute atomic E-state index is 0.117. The van der Waals surface area contributed by atoms with Gasteiger partial charge in [0.1, 0.15) is 0 Å². The first-order valence-corrected chi connectivity index (χ1v) is 5.68. The predicted octanol–water partition coefficient (Wildman–Crippen LogP) is 0.575. The van der Waals surface area contributed by atoms with Gasteiger partial charge >= 0.3 is 5.97 Å². The van der Waals surface area contributed by atoms with Crippen LogP contribution in [0.3, 0.4) is 0 Å². The van der Waals surface area contributed by atoms with Crippen LogP contribution in [0.25, 0.3) is 0 Å². The van der Waals surface area contributed by atoms with E-state index in [9.17, 15) is 4.79 Å². The van der Waals surface area contributed by atoms with Crippen molar-refractivity contribution in [1.82, 2.24) is 9.80 Å². The Bertz CT molecular complexity index is 209. The van der Waals surface area contributed by atoms with Gasteiger partial charge in [-0.05, 0) is 40.4 Å². The molecule has 1 rings (SSSR count). The molecule has 0 spiro atoms. The molecule has 0 bridgehead atoms. The molecule has 88 valence electrons. The van der Waals surface area contributed by atoms with Gasteiger partial charge in [0.25, 0.3) is 0 Å². The van der Waals surface area contributed by atoms with Gasteiger partial charge in [-0.3, -0.25) is 9.69 Å². The number of piperidine rings is 1. The third-order valence-corrected chi connectivity index (χ3v) is 2.91. The molecule has 0 N–H and O–H groups in total. The second kappa shape index (κ2) is 6.08. The molecule has 0 amide bonds. The number of nitrogens with zero attached hydrogens (tertiary/aromatic N) is 2. The van der Waals surface area contributed by atoms with E-state index in [1.54, 1.807) is 0 Å². The summed E-state index contributed by atoms with van der Waals surface area (Å²) in [6.45, 7) is 4.94. The van der Waals surface area contributed by atoms with Crippen LogP contribution in [0.5, 0.6) is 0 Å². The molecule has 1 heterocycles. The van der Waals surface area contributed by atoms with Crippen molar-refractivity contribution < 1.29 is 9.53 Å². The smallest absolute Gasteiger partial charge is 0.320 e. The highest BCUT2D eigenvalue weighted by atomic mass is 16.5. The van der Waals surface area contributed by atoms with E-state index >= 15 is 0 Å². The highest BCUT2D eigenvalue weighted by Gasteiger charge is 2.22. The molecule has 1 unspecified atom stereocenters. The molecular weight excluding hydrogens is 192 g/mol. The summed E-state index contributed by atoms with van der Waals surface area (Å²) in [5, 5.41) is 0. The lowest BCUT2D eigenvalue weighted by atomic mass is 10.1. The molecule has 0 radical (unpaired) electrons. The number of hydrogen-bond acceptors (Lipinski definition) is 4. The fraction of sp³-hybridized carbons (Fsp3) is 0.909. The lowest BCUT2D eigenvalue weighted by Gasteiger charge is -2.35. The number of hydrogen-bond donors (Lipinski definition) is 0. The van der Waals surface area contributed by atoms with Crippen molar-refractivity contribution in [1.29, 1.82) is 0 Å². The second-order valence-electron chi connectivity index (χ2n) is 4.28. The fourth-order valence-corrected chi connectivity index (χ4v) is 2.04. The minimum atomic E-state index is -0.117. The van der Waals surface area contributed by atoms with Crippen LogP contribution in [0.1, 0.15) is 19.8 Å². The van der Waals surface area contributed by atoms with Crippen molar-refractivity contribution in [2.24, 2.45) is 0 Å². The van der Waals surface area contributed by atoms with E-state index in [1.165, 1.54) is 19.4 Å². The maximum absolute atomic E-state index is 11.3. The summed E-state index contributed by atoms with van der Waals surface area (Å²) in [6.07, 6.45) is 2.40. The number of ether oxygens (including phenoxy) is 1. The minimum Gasteiger partial charge on any atom is -0.465 e. The maximum Gasteiger partial charge on any atom is 0.320 e. The molecule has 0 aliphatic carbocycles. The van der Waals surface area contributed by atoms with Crippen LogP contribution in [-0.2, 0) is 9.53 Å². The summed E-state index contributed by atoms with van der Waals surface area (Å²) in [6, 6.07) is 0.494. The average molecular weight is 214 g/mol. The van der Waals surface area contributed by atoms with E-state index in [1.807, 2.05) is 14.0 Å². The summed E-state index contributed by atoms with van der Waals surface area (Å²) in [7, 11) is 4.13. The van der Waals surface area contributed by atoms with E-state index in [0.717, 1.165) is 6.54 Å². The van der Waals surface area contributed by atoms with Gasteiger partial charge in [-0.1, -0.05) is 0 Å². The molecule has 1 fully saturated rings. The number of likely N-dealkylation sites (N-methyl/N-ethyl adjacent to an activating group) is 2. The Kier molecular flexibility index (Phi) is 5.05. The molecule has 0 aromatic carbocycles. The van der Waals surface area contributed by atoms with Crippen molar-refractivity contribution in [3.63, 3.8) is 0 Å². The molecule has 1 aliphatic rings. The van der Waals surface area contributed by atoms with Crippen LogP contribution < -0.4 is 0 Å². The first kappa shape index (κ1) is 12.5. The molecule has 1 atom stereocenters. The van der Waals surface area contributed by atoms with Crippen LogP contribution in [0.15, 0.2) is 0 Å². The Morgan fingerprint density at radius 2 is 2.33 bits per heavy atom.